The van der Waals surface area contributed by atoms with E-state index in [9.17, 15) is 18.8 Å². The van der Waals surface area contributed by atoms with Gasteiger partial charge in [-0.05, 0) is 50.9 Å². The fourth-order valence-electron chi connectivity index (χ4n) is 4.49. The van der Waals surface area contributed by atoms with Gasteiger partial charge in [-0.3, -0.25) is 9.59 Å². The van der Waals surface area contributed by atoms with E-state index in [4.69, 9.17) is 4.74 Å². The van der Waals surface area contributed by atoms with Gasteiger partial charge < -0.3 is 15.4 Å². The van der Waals surface area contributed by atoms with Gasteiger partial charge in [0.15, 0.2) is 0 Å². The summed E-state index contributed by atoms with van der Waals surface area (Å²) in [5.74, 6) is -2.02. The number of fused-ring (bicyclic) bond motifs is 2. The Morgan fingerprint density at radius 2 is 1.44 bits per heavy atom. The van der Waals surface area contributed by atoms with Gasteiger partial charge in [0.1, 0.15) is 17.9 Å². The van der Waals surface area contributed by atoms with Crippen LogP contribution in [0.1, 0.15) is 18.1 Å². The summed E-state index contributed by atoms with van der Waals surface area (Å²) in [4.78, 5) is 37.9. The molecule has 0 aliphatic rings. The summed E-state index contributed by atoms with van der Waals surface area (Å²) < 4.78 is 18.7. The molecule has 0 saturated heterocycles. The summed E-state index contributed by atoms with van der Waals surface area (Å²) in [6.07, 6.45) is 0.251. The molecule has 0 aliphatic carbocycles. The van der Waals surface area contributed by atoms with Crippen molar-refractivity contribution in [3.05, 3.63) is 95.8 Å². The molecule has 0 spiro atoms. The third kappa shape index (κ3) is 5.68. The SMILES string of the molecule is COC(=O)[C@H](Cc1c2ccccc2cc2ccccc12)NC(=O)[C@H](Cc1cccc(F)c1)NC(C)=O. The number of rotatable bonds is 8. The largest absolute Gasteiger partial charge is 0.467 e. The lowest BCUT2D eigenvalue weighted by Crippen LogP contribution is -2.53. The Bertz CT molecular complexity index is 1380. The number of carbonyl (C=O) groups is 3. The van der Waals surface area contributed by atoms with Crippen LogP contribution in [0.2, 0.25) is 0 Å². The first-order chi connectivity index (χ1) is 17.4. The molecule has 184 valence electrons. The smallest absolute Gasteiger partial charge is 0.328 e. The van der Waals surface area contributed by atoms with E-state index in [1.807, 2.05) is 48.5 Å². The maximum Gasteiger partial charge on any atom is 0.328 e. The normalized spacial score (nSPS) is 12.6. The molecule has 4 aromatic carbocycles. The van der Waals surface area contributed by atoms with Gasteiger partial charge in [0.05, 0.1) is 7.11 Å². The topological polar surface area (TPSA) is 84.5 Å². The molecule has 2 amide bonds. The second-order valence-electron chi connectivity index (χ2n) is 8.67. The van der Waals surface area contributed by atoms with Crippen molar-refractivity contribution < 1.29 is 23.5 Å². The minimum Gasteiger partial charge on any atom is -0.467 e. The van der Waals surface area contributed by atoms with Crippen molar-refractivity contribution in [1.29, 1.82) is 0 Å². The standard InChI is InChI=1S/C29H27FN2O4/c1-18(33)31-26(15-19-8-7-11-22(30)14-19)28(34)32-27(29(35)36-2)17-25-23-12-5-3-9-20(23)16-21-10-4-6-13-24(21)25/h3-14,16,26-27H,15,17H2,1-2H3,(H,31,33)(H,32,34)/t26-,27-/m0/s1. The zero-order valence-corrected chi connectivity index (χ0v) is 20.1. The third-order valence-electron chi connectivity index (χ3n) is 6.12. The van der Waals surface area contributed by atoms with Crippen LogP contribution in [0.3, 0.4) is 0 Å². The van der Waals surface area contributed by atoms with Crippen molar-refractivity contribution in [1.82, 2.24) is 10.6 Å². The molecule has 0 saturated carbocycles. The van der Waals surface area contributed by atoms with Gasteiger partial charge in [-0.2, -0.15) is 0 Å². The maximum atomic E-state index is 13.7. The molecule has 2 N–H and O–H groups in total. The molecule has 0 aromatic heterocycles. The van der Waals surface area contributed by atoms with E-state index >= 15 is 0 Å². The monoisotopic (exact) mass is 486 g/mol. The van der Waals surface area contributed by atoms with Crippen molar-refractivity contribution in [2.24, 2.45) is 0 Å². The first-order valence-corrected chi connectivity index (χ1v) is 11.6. The molecular weight excluding hydrogens is 459 g/mol. The Morgan fingerprint density at radius 1 is 0.806 bits per heavy atom. The van der Waals surface area contributed by atoms with Gasteiger partial charge in [0.2, 0.25) is 11.8 Å². The van der Waals surface area contributed by atoms with E-state index in [1.54, 1.807) is 6.07 Å². The Kier molecular flexibility index (Phi) is 7.59. The maximum absolute atomic E-state index is 13.7. The van der Waals surface area contributed by atoms with Crippen molar-refractivity contribution in [2.75, 3.05) is 7.11 Å². The molecule has 0 radical (unpaired) electrons. The minimum atomic E-state index is -1.000. The van der Waals surface area contributed by atoms with Crippen LogP contribution in [0.15, 0.2) is 78.9 Å². The van der Waals surface area contributed by atoms with Crippen LogP contribution in [-0.2, 0) is 32.0 Å². The van der Waals surface area contributed by atoms with E-state index in [2.05, 4.69) is 16.7 Å². The van der Waals surface area contributed by atoms with Gasteiger partial charge in [-0.25, -0.2) is 9.18 Å². The molecule has 0 unspecified atom stereocenters. The molecule has 7 heteroatoms. The number of halogens is 1. The fraction of sp³-hybridized carbons (Fsp3) is 0.207. The number of nitrogens with one attached hydrogen (secondary N) is 2. The Labute approximate surface area is 208 Å². The summed E-state index contributed by atoms with van der Waals surface area (Å²) in [7, 11) is 1.26. The van der Waals surface area contributed by atoms with Gasteiger partial charge in [0, 0.05) is 19.8 Å². The van der Waals surface area contributed by atoms with Crippen molar-refractivity contribution >= 4 is 39.3 Å². The fourth-order valence-corrected chi connectivity index (χ4v) is 4.49. The number of carbonyl (C=O) groups excluding carboxylic acids is 3. The quantitative estimate of drug-likeness (QED) is 0.290. The number of ether oxygens (including phenoxy) is 1. The van der Waals surface area contributed by atoms with Gasteiger partial charge in [-0.1, -0.05) is 60.7 Å². The predicted molar refractivity (Wildman–Crippen MR) is 137 cm³/mol. The second kappa shape index (κ2) is 11.0. The molecule has 4 rings (SSSR count). The van der Waals surface area contributed by atoms with Crippen molar-refractivity contribution in [3.8, 4) is 0 Å². The highest BCUT2D eigenvalue weighted by molar-refractivity contribution is 6.03. The van der Waals surface area contributed by atoms with E-state index < -0.39 is 35.7 Å². The molecule has 6 nitrogen and oxygen atoms in total. The van der Waals surface area contributed by atoms with Crippen LogP contribution >= 0.6 is 0 Å². The van der Waals surface area contributed by atoms with Gasteiger partial charge >= 0.3 is 5.97 Å². The minimum absolute atomic E-state index is 0.0638. The third-order valence-corrected chi connectivity index (χ3v) is 6.12. The average molecular weight is 487 g/mol. The number of hydrogen-bond acceptors (Lipinski definition) is 4. The first-order valence-electron chi connectivity index (χ1n) is 11.6. The summed E-state index contributed by atoms with van der Waals surface area (Å²) in [5.41, 5.74) is 1.44. The molecule has 0 aliphatic heterocycles. The summed E-state index contributed by atoms with van der Waals surface area (Å²) in [6, 6.07) is 21.6. The zero-order chi connectivity index (χ0) is 25.7. The van der Waals surface area contributed by atoms with Crippen molar-refractivity contribution in [2.45, 2.75) is 31.8 Å². The van der Waals surface area contributed by atoms with Gasteiger partial charge in [0.25, 0.3) is 0 Å². The number of hydrogen-bond donors (Lipinski definition) is 2. The van der Waals surface area contributed by atoms with Crippen LogP contribution in [0.5, 0.6) is 0 Å². The lowest BCUT2D eigenvalue weighted by atomic mass is 9.92. The second-order valence-corrected chi connectivity index (χ2v) is 8.67. The lowest BCUT2D eigenvalue weighted by molar-refractivity contribution is -0.145. The number of methoxy groups -OCH3 is 1. The molecule has 36 heavy (non-hydrogen) atoms. The highest BCUT2D eigenvalue weighted by Gasteiger charge is 2.28. The average Bonchev–Trinajstić information content (AvgIpc) is 2.86. The first kappa shape index (κ1) is 24.9. The Balaban J connectivity index is 1.67. The van der Waals surface area contributed by atoms with E-state index in [0.29, 0.717) is 5.56 Å². The van der Waals surface area contributed by atoms with E-state index in [1.165, 1.54) is 32.2 Å². The van der Waals surface area contributed by atoms with Crippen LogP contribution in [-0.4, -0.2) is 37.0 Å². The lowest BCUT2D eigenvalue weighted by Gasteiger charge is -2.23. The highest BCUT2D eigenvalue weighted by atomic mass is 19.1. The molecule has 0 bridgehead atoms. The van der Waals surface area contributed by atoms with Gasteiger partial charge in [-0.15, -0.1) is 0 Å². The molecule has 4 aromatic rings. The Morgan fingerprint density at radius 3 is 2.03 bits per heavy atom. The van der Waals surface area contributed by atoms with Crippen LogP contribution in [0.4, 0.5) is 4.39 Å². The molecular formula is C29H27FN2O4. The number of benzene rings is 4. The van der Waals surface area contributed by atoms with Crippen LogP contribution < -0.4 is 10.6 Å². The van der Waals surface area contributed by atoms with Crippen molar-refractivity contribution in [3.63, 3.8) is 0 Å². The Hall–Kier alpha value is -4.26. The number of amides is 2. The zero-order valence-electron chi connectivity index (χ0n) is 20.1. The number of esters is 1. The summed E-state index contributed by atoms with van der Waals surface area (Å²) >= 11 is 0. The summed E-state index contributed by atoms with van der Waals surface area (Å²) in [5, 5.41) is 9.35. The van der Waals surface area contributed by atoms with E-state index in [-0.39, 0.29) is 12.8 Å². The van der Waals surface area contributed by atoms with Crippen LogP contribution in [0, 0.1) is 5.82 Å². The molecule has 0 fully saturated rings. The highest BCUT2D eigenvalue weighted by Crippen LogP contribution is 2.29. The molecule has 2 atom stereocenters. The van der Waals surface area contributed by atoms with Crippen LogP contribution in [0.25, 0.3) is 21.5 Å². The predicted octanol–water partition coefficient (Wildman–Crippen LogP) is 4.08. The molecule has 0 heterocycles. The summed E-state index contributed by atoms with van der Waals surface area (Å²) in [6.45, 7) is 1.30. The van der Waals surface area contributed by atoms with E-state index in [0.717, 1.165) is 27.1 Å².